The number of ether oxygens (including phenoxy) is 3. The number of hydrogen-bond donors (Lipinski definition) is 0. The fraction of sp³-hybridized carbons (Fsp3) is 0.316. The van der Waals surface area contributed by atoms with Gasteiger partial charge in [0.15, 0.2) is 11.5 Å². The molecule has 7 heteroatoms. The van der Waals surface area contributed by atoms with Crippen molar-refractivity contribution in [3.05, 3.63) is 58.6 Å². The molecule has 1 unspecified atom stereocenters. The smallest absolute Gasteiger partial charge is 0.432 e. The van der Waals surface area contributed by atoms with Crippen molar-refractivity contribution in [2.24, 2.45) is 5.92 Å². The molecule has 0 spiro atoms. The number of carbonyl (C=O) groups is 1. The normalized spacial score (nSPS) is 14.4. The molecule has 1 aliphatic heterocycles. The Labute approximate surface area is 154 Å². The lowest BCUT2D eigenvalue weighted by atomic mass is 9.88. The number of halogens is 3. The van der Waals surface area contributed by atoms with Gasteiger partial charge in [-0.15, -0.1) is 0 Å². The van der Waals surface area contributed by atoms with E-state index in [-0.39, 0.29) is 24.2 Å². The molecule has 26 heavy (non-hydrogen) atoms. The summed E-state index contributed by atoms with van der Waals surface area (Å²) in [6.07, 6.45) is -3.85. The Morgan fingerprint density at radius 3 is 2.50 bits per heavy atom. The molecule has 138 valence electrons. The maximum atomic E-state index is 14.7. The van der Waals surface area contributed by atoms with Gasteiger partial charge >= 0.3 is 12.1 Å². The van der Waals surface area contributed by atoms with Crippen molar-refractivity contribution < 1.29 is 27.8 Å². The lowest BCUT2D eigenvalue weighted by molar-refractivity contribution is -0.242. The van der Waals surface area contributed by atoms with E-state index in [1.54, 1.807) is 38.1 Å². The zero-order chi connectivity index (χ0) is 18.9. The minimum absolute atomic E-state index is 0.113. The first kappa shape index (κ1) is 18.5. The predicted molar refractivity (Wildman–Crippen MR) is 91.6 cm³/mol. The highest BCUT2D eigenvalue weighted by atomic mass is 35.5. The Morgan fingerprint density at radius 2 is 1.85 bits per heavy atom. The van der Waals surface area contributed by atoms with Gasteiger partial charge in [-0.2, -0.15) is 8.78 Å². The molecule has 0 saturated carbocycles. The summed E-state index contributed by atoms with van der Waals surface area (Å²) in [5.74, 6) is -2.05. The Morgan fingerprint density at radius 1 is 1.15 bits per heavy atom. The molecule has 0 aliphatic carbocycles. The largest absolute Gasteiger partial charge is 0.454 e. The van der Waals surface area contributed by atoms with Crippen molar-refractivity contribution in [3.8, 4) is 11.5 Å². The Kier molecular flexibility index (Phi) is 5.05. The van der Waals surface area contributed by atoms with Crippen molar-refractivity contribution in [1.29, 1.82) is 0 Å². The third-order valence-electron chi connectivity index (χ3n) is 4.09. The lowest BCUT2D eigenvalue weighted by Crippen LogP contribution is -2.29. The first-order valence-electron chi connectivity index (χ1n) is 8.05. The van der Waals surface area contributed by atoms with Crippen LogP contribution in [0.3, 0.4) is 0 Å². The van der Waals surface area contributed by atoms with E-state index in [9.17, 15) is 13.6 Å². The Bertz CT molecular complexity index is 806. The molecule has 2 aromatic carbocycles. The summed E-state index contributed by atoms with van der Waals surface area (Å²) < 4.78 is 44.1. The molecular weight excluding hydrogens is 366 g/mol. The van der Waals surface area contributed by atoms with Gasteiger partial charge in [0.25, 0.3) is 0 Å². The van der Waals surface area contributed by atoms with Crippen LogP contribution in [-0.2, 0) is 15.6 Å². The van der Waals surface area contributed by atoms with Gasteiger partial charge in [0.05, 0.1) is 5.92 Å². The van der Waals surface area contributed by atoms with Gasteiger partial charge in [-0.3, -0.25) is 4.79 Å². The molecule has 2 aromatic rings. The first-order valence-corrected chi connectivity index (χ1v) is 8.42. The van der Waals surface area contributed by atoms with Gasteiger partial charge in [-0.05, 0) is 35.7 Å². The number of alkyl halides is 2. The lowest BCUT2D eigenvalue weighted by Gasteiger charge is -2.24. The first-order chi connectivity index (χ1) is 12.3. The van der Waals surface area contributed by atoms with Crippen LogP contribution in [0.15, 0.2) is 42.5 Å². The number of hydrogen-bond acceptors (Lipinski definition) is 4. The second-order valence-electron chi connectivity index (χ2n) is 6.25. The van der Waals surface area contributed by atoms with E-state index in [0.29, 0.717) is 10.6 Å². The van der Waals surface area contributed by atoms with Gasteiger partial charge < -0.3 is 14.2 Å². The summed E-state index contributed by atoms with van der Waals surface area (Å²) in [5, 5.41) is 0.493. The van der Waals surface area contributed by atoms with Crippen molar-refractivity contribution in [3.63, 3.8) is 0 Å². The average molecular weight is 383 g/mol. The van der Waals surface area contributed by atoms with E-state index in [0.717, 1.165) is 6.07 Å². The summed E-state index contributed by atoms with van der Waals surface area (Å²) in [4.78, 5) is 12.6. The molecular formula is C19H17ClF2O4. The van der Waals surface area contributed by atoms with Crippen LogP contribution in [0.25, 0.3) is 0 Å². The summed E-state index contributed by atoms with van der Waals surface area (Å²) in [5.41, 5.74) is 0.0162. The van der Waals surface area contributed by atoms with Gasteiger partial charge in [0.2, 0.25) is 6.79 Å². The third kappa shape index (κ3) is 3.60. The highest BCUT2D eigenvalue weighted by Gasteiger charge is 2.43. The van der Waals surface area contributed by atoms with E-state index >= 15 is 0 Å². The minimum atomic E-state index is -3.85. The standard InChI is InChI=1S/C19H17ClF2O4/c1-11(2)16(12-6-8-13(20)9-7-12)18(23)26-19(21,22)14-4-3-5-15-17(14)25-10-24-15/h3-9,11,16H,10H2,1-2H3. The number of esters is 1. The molecule has 0 saturated heterocycles. The third-order valence-corrected chi connectivity index (χ3v) is 4.34. The second-order valence-corrected chi connectivity index (χ2v) is 6.69. The molecule has 0 aromatic heterocycles. The van der Waals surface area contributed by atoms with Crippen LogP contribution in [0.4, 0.5) is 8.78 Å². The predicted octanol–water partition coefficient (Wildman–Crippen LogP) is 5.10. The molecule has 0 bridgehead atoms. The van der Waals surface area contributed by atoms with Gasteiger partial charge in [0, 0.05) is 5.02 Å². The van der Waals surface area contributed by atoms with Crippen molar-refractivity contribution in [1.82, 2.24) is 0 Å². The monoisotopic (exact) mass is 382 g/mol. The second kappa shape index (κ2) is 7.11. The number of fused-ring (bicyclic) bond motifs is 1. The SMILES string of the molecule is CC(C)C(C(=O)OC(F)(F)c1cccc2c1OCO2)c1ccc(Cl)cc1. The van der Waals surface area contributed by atoms with Crippen molar-refractivity contribution >= 4 is 17.6 Å². The fourth-order valence-corrected chi connectivity index (χ4v) is 2.99. The van der Waals surface area contributed by atoms with Crippen LogP contribution in [-0.4, -0.2) is 12.8 Å². The Balaban J connectivity index is 1.87. The number of para-hydroxylation sites is 1. The van der Waals surface area contributed by atoms with E-state index in [1.807, 2.05) is 0 Å². The molecule has 0 N–H and O–H groups in total. The number of rotatable bonds is 5. The van der Waals surface area contributed by atoms with Crippen molar-refractivity contribution in [2.45, 2.75) is 25.9 Å². The molecule has 0 radical (unpaired) electrons. The van der Waals surface area contributed by atoms with Gasteiger partial charge in [-0.1, -0.05) is 43.6 Å². The van der Waals surface area contributed by atoms with Crippen LogP contribution in [0.2, 0.25) is 5.02 Å². The maximum Gasteiger partial charge on any atom is 0.432 e. The Hall–Kier alpha value is -2.34. The highest BCUT2D eigenvalue weighted by molar-refractivity contribution is 6.30. The van der Waals surface area contributed by atoms with Gasteiger partial charge in [0.1, 0.15) is 5.56 Å². The summed E-state index contributed by atoms with van der Waals surface area (Å²) >= 11 is 5.85. The number of benzene rings is 2. The van der Waals surface area contributed by atoms with E-state index in [1.165, 1.54) is 12.1 Å². The number of carbonyl (C=O) groups excluding carboxylic acids is 1. The topological polar surface area (TPSA) is 44.8 Å². The minimum Gasteiger partial charge on any atom is -0.454 e. The van der Waals surface area contributed by atoms with Crippen LogP contribution >= 0.6 is 11.6 Å². The average Bonchev–Trinajstić information content (AvgIpc) is 3.04. The molecule has 0 fully saturated rings. The van der Waals surface area contributed by atoms with Crippen LogP contribution in [0.5, 0.6) is 11.5 Å². The molecule has 1 atom stereocenters. The van der Waals surface area contributed by atoms with Crippen molar-refractivity contribution in [2.75, 3.05) is 6.79 Å². The maximum absolute atomic E-state index is 14.7. The van der Waals surface area contributed by atoms with Gasteiger partial charge in [-0.25, -0.2) is 0 Å². The molecule has 4 nitrogen and oxygen atoms in total. The van der Waals surface area contributed by atoms with E-state index in [2.05, 4.69) is 4.74 Å². The fourth-order valence-electron chi connectivity index (χ4n) is 2.87. The zero-order valence-corrected chi connectivity index (χ0v) is 14.9. The summed E-state index contributed by atoms with van der Waals surface area (Å²) in [6, 6.07) is 10.5. The quantitative estimate of drug-likeness (QED) is 0.675. The molecule has 1 aliphatic rings. The van der Waals surface area contributed by atoms with E-state index < -0.39 is 23.6 Å². The van der Waals surface area contributed by atoms with Crippen LogP contribution in [0, 0.1) is 5.92 Å². The summed E-state index contributed by atoms with van der Waals surface area (Å²) in [6.45, 7) is 3.36. The summed E-state index contributed by atoms with van der Waals surface area (Å²) in [7, 11) is 0. The van der Waals surface area contributed by atoms with E-state index in [4.69, 9.17) is 21.1 Å². The van der Waals surface area contributed by atoms with Crippen LogP contribution in [0.1, 0.15) is 30.9 Å². The molecule has 3 rings (SSSR count). The molecule has 1 heterocycles. The molecule has 0 amide bonds. The van der Waals surface area contributed by atoms with Crippen LogP contribution < -0.4 is 9.47 Å². The zero-order valence-electron chi connectivity index (χ0n) is 14.2. The highest BCUT2D eigenvalue weighted by Crippen LogP contribution is 2.44.